The average molecular weight is 412 g/mol. The lowest BCUT2D eigenvalue weighted by atomic mass is 9.85. The first-order valence-electron chi connectivity index (χ1n) is 10.9. The average Bonchev–Trinajstić information content (AvgIpc) is 3.26. The molecule has 0 saturated carbocycles. The highest BCUT2D eigenvalue weighted by Crippen LogP contribution is 2.46. The van der Waals surface area contributed by atoms with E-state index in [0.717, 1.165) is 61.5 Å². The molecule has 2 bridgehead atoms. The number of hydrogen-bond donors (Lipinski definition) is 1. The van der Waals surface area contributed by atoms with Gasteiger partial charge in [0.05, 0.1) is 13.7 Å². The normalized spacial score (nSPS) is 26.0. The summed E-state index contributed by atoms with van der Waals surface area (Å²) < 4.78 is 13.5. The maximum Gasteiger partial charge on any atom is 0.164 e. The van der Waals surface area contributed by atoms with Crippen molar-refractivity contribution >= 4 is 0 Å². The van der Waals surface area contributed by atoms with Gasteiger partial charge in [0, 0.05) is 43.6 Å². The zero-order valence-electron chi connectivity index (χ0n) is 18.3. The highest BCUT2D eigenvalue weighted by atomic mass is 16.5. The summed E-state index contributed by atoms with van der Waals surface area (Å²) in [5, 5.41) is 11.4. The third-order valence-corrected chi connectivity index (χ3v) is 6.58. The van der Waals surface area contributed by atoms with Crippen LogP contribution in [0.5, 0.6) is 11.5 Å². The molecule has 0 amide bonds. The Hall–Kier alpha value is -2.31. The Morgan fingerprint density at radius 1 is 1.30 bits per heavy atom. The molecule has 0 aliphatic carbocycles. The first-order chi connectivity index (χ1) is 14.5. The van der Waals surface area contributed by atoms with Gasteiger partial charge in [0.25, 0.3) is 0 Å². The molecule has 4 rings (SSSR count). The minimum Gasteiger partial charge on any atom is -0.493 e. The van der Waals surface area contributed by atoms with Crippen molar-refractivity contribution in [2.24, 2.45) is 7.05 Å². The van der Waals surface area contributed by atoms with Crippen LogP contribution in [0, 0.1) is 0 Å². The first-order valence-corrected chi connectivity index (χ1v) is 10.9. The Balaban J connectivity index is 1.58. The van der Waals surface area contributed by atoms with Crippen LogP contribution in [0.2, 0.25) is 0 Å². The van der Waals surface area contributed by atoms with Crippen LogP contribution in [0.25, 0.3) is 0 Å². The molecule has 6 nitrogen and oxygen atoms in total. The van der Waals surface area contributed by atoms with Gasteiger partial charge in [0.2, 0.25) is 0 Å². The molecule has 1 aromatic heterocycles. The lowest BCUT2D eigenvalue weighted by molar-refractivity contribution is -0.0669. The van der Waals surface area contributed by atoms with E-state index in [9.17, 15) is 5.11 Å². The number of fused-ring (bicyclic) bond motifs is 2. The highest BCUT2D eigenvalue weighted by Gasteiger charge is 2.49. The quantitative estimate of drug-likeness (QED) is 0.673. The van der Waals surface area contributed by atoms with E-state index in [1.54, 1.807) is 13.3 Å². The zero-order valence-corrected chi connectivity index (χ0v) is 18.3. The van der Waals surface area contributed by atoms with Crippen LogP contribution in [-0.4, -0.2) is 45.4 Å². The van der Waals surface area contributed by atoms with Gasteiger partial charge in [0.1, 0.15) is 11.4 Å². The van der Waals surface area contributed by atoms with Gasteiger partial charge in [-0.15, -0.1) is 6.58 Å². The minimum absolute atomic E-state index is 0.353. The Kier molecular flexibility index (Phi) is 5.89. The second-order valence-corrected chi connectivity index (χ2v) is 8.57. The summed E-state index contributed by atoms with van der Waals surface area (Å²) in [7, 11) is 3.65. The zero-order chi connectivity index (χ0) is 21.3. The van der Waals surface area contributed by atoms with Crippen molar-refractivity contribution in [2.75, 3.05) is 13.7 Å². The number of methoxy groups -OCH3 is 1. The molecule has 0 spiro atoms. The Bertz CT molecular complexity index is 893. The van der Waals surface area contributed by atoms with Crippen LogP contribution in [0.3, 0.4) is 0 Å². The summed E-state index contributed by atoms with van der Waals surface area (Å²) in [6, 6.07) is 5.02. The summed E-state index contributed by atoms with van der Waals surface area (Å²) >= 11 is 0. The van der Waals surface area contributed by atoms with Gasteiger partial charge in [-0.2, -0.15) is 0 Å². The number of rotatable bonds is 8. The monoisotopic (exact) mass is 411 g/mol. The van der Waals surface area contributed by atoms with Crippen LogP contribution in [0.4, 0.5) is 0 Å². The van der Waals surface area contributed by atoms with Crippen LogP contribution in [0.15, 0.2) is 37.2 Å². The molecule has 2 saturated heterocycles. The standard InChI is InChI=1S/C24H33N3O3/c1-5-7-18-12-17(13-21(29-4)22(18)30-6-2)16-27-19-8-9-20(27)15-24(28,14-19)23-25-10-11-26(23)3/h5,10-13,19-20,28H,1,6-9,14-16H2,2-4H3/t19-,20+,24?. The Morgan fingerprint density at radius 3 is 2.60 bits per heavy atom. The number of piperidine rings is 1. The van der Waals surface area contributed by atoms with E-state index in [1.165, 1.54) is 5.56 Å². The van der Waals surface area contributed by atoms with Crippen LogP contribution >= 0.6 is 0 Å². The number of imidazole rings is 1. The summed E-state index contributed by atoms with van der Waals surface area (Å²) in [4.78, 5) is 7.01. The summed E-state index contributed by atoms with van der Waals surface area (Å²) in [6.07, 6.45) is 10.0. The molecule has 6 heteroatoms. The number of aryl methyl sites for hydroxylation is 1. The second-order valence-electron chi connectivity index (χ2n) is 8.57. The van der Waals surface area contributed by atoms with Crippen molar-refractivity contribution in [1.82, 2.24) is 14.5 Å². The number of nitrogens with zero attached hydrogens (tertiary/aromatic N) is 3. The number of allylic oxidation sites excluding steroid dienone is 1. The Labute approximate surface area is 179 Å². The molecule has 30 heavy (non-hydrogen) atoms. The fourth-order valence-corrected chi connectivity index (χ4v) is 5.36. The van der Waals surface area contributed by atoms with E-state index in [1.807, 2.05) is 30.8 Å². The van der Waals surface area contributed by atoms with E-state index < -0.39 is 5.60 Å². The molecular formula is C24H33N3O3. The van der Waals surface area contributed by atoms with E-state index in [4.69, 9.17) is 9.47 Å². The fourth-order valence-electron chi connectivity index (χ4n) is 5.36. The SMILES string of the molecule is C=CCc1cc(CN2[C@@H]3CC[C@H]2CC(O)(c2nccn2C)C3)cc(OC)c1OCC. The summed E-state index contributed by atoms with van der Waals surface area (Å²) in [5.74, 6) is 2.38. The number of aromatic nitrogens is 2. The molecule has 2 fully saturated rings. The topological polar surface area (TPSA) is 59.8 Å². The summed E-state index contributed by atoms with van der Waals surface area (Å²) in [6.45, 7) is 7.33. The Morgan fingerprint density at radius 2 is 2.03 bits per heavy atom. The van der Waals surface area contributed by atoms with Crippen molar-refractivity contribution in [3.8, 4) is 11.5 Å². The van der Waals surface area contributed by atoms with Gasteiger partial charge in [0.15, 0.2) is 11.5 Å². The summed E-state index contributed by atoms with van der Waals surface area (Å²) in [5.41, 5.74) is 1.48. The van der Waals surface area contributed by atoms with Crippen LogP contribution < -0.4 is 9.47 Å². The van der Waals surface area contributed by atoms with Crippen LogP contribution in [-0.2, 0) is 25.6 Å². The van der Waals surface area contributed by atoms with Gasteiger partial charge in [-0.3, -0.25) is 4.90 Å². The maximum atomic E-state index is 11.4. The largest absolute Gasteiger partial charge is 0.493 e. The van der Waals surface area contributed by atoms with Gasteiger partial charge < -0.3 is 19.1 Å². The molecule has 2 aromatic rings. The third-order valence-electron chi connectivity index (χ3n) is 6.58. The number of aliphatic hydroxyl groups is 1. The van der Waals surface area contributed by atoms with Crippen molar-refractivity contribution < 1.29 is 14.6 Å². The molecular weight excluding hydrogens is 378 g/mol. The van der Waals surface area contributed by atoms with E-state index in [2.05, 4.69) is 28.6 Å². The molecule has 0 radical (unpaired) electrons. The number of ether oxygens (including phenoxy) is 2. The second kappa shape index (κ2) is 8.44. The lowest BCUT2D eigenvalue weighted by Crippen LogP contribution is -2.50. The van der Waals surface area contributed by atoms with E-state index in [-0.39, 0.29) is 0 Å². The smallest absolute Gasteiger partial charge is 0.164 e. The van der Waals surface area contributed by atoms with Gasteiger partial charge in [-0.25, -0.2) is 4.98 Å². The van der Waals surface area contributed by atoms with Crippen molar-refractivity contribution in [1.29, 1.82) is 0 Å². The molecule has 3 atom stereocenters. The number of hydrogen-bond acceptors (Lipinski definition) is 5. The van der Waals surface area contributed by atoms with Gasteiger partial charge in [-0.1, -0.05) is 12.1 Å². The minimum atomic E-state index is -0.842. The van der Waals surface area contributed by atoms with Crippen molar-refractivity contribution in [3.05, 3.63) is 54.1 Å². The van der Waals surface area contributed by atoms with E-state index in [0.29, 0.717) is 18.7 Å². The molecule has 162 valence electrons. The van der Waals surface area contributed by atoms with Gasteiger partial charge in [-0.05, 0) is 50.7 Å². The molecule has 1 aromatic carbocycles. The number of benzene rings is 1. The molecule has 2 aliphatic heterocycles. The molecule has 3 heterocycles. The van der Waals surface area contributed by atoms with Crippen LogP contribution in [0.1, 0.15) is 49.6 Å². The predicted molar refractivity (Wildman–Crippen MR) is 117 cm³/mol. The van der Waals surface area contributed by atoms with Crippen molar-refractivity contribution in [3.63, 3.8) is 0 Å². The van der Waals surface area contributed by atoms with E-state index >= 15 is 0 Å². The third kappa shape index (κ3) is 3.74. The predicted octanol–water partition coefficient (Wildman–Crippen LogP) is 3.57. The molecule has 2 aliphatic rings. The highest BCUT2D eigenvalue weighted by molar-refractivity contribution is 5.50. The van der Waals surface area contributed by atoms with Gasteiger partial charge >= 0.3 is 0 Å². The lowest BCUT2D eigenvalue weighted by Gasteiger charge is -2.43. The van der Waals surface area contributed by atoms with Crippen molar-refractivity contribution in [2.45, 2.75) is 63.3 Å². The molecule has 1 unspecified atom stereocenters. The first kappa shape index (κ1) is 20.9. The maximum absolute atomic E-state index is 11.4. The fraction of sp³-hybridized carbons (Fsp3) is 0.542. The molecule has 1 N–H and O–H groups in total.